The Balaban J connectivity index is 0. The SMILES string of the molecule is O=P(O)(O)CNc1ncc(-c2ccccc2)s1.O=[PH](O)O.[NaH].[NaH]. The van der Waals surface area contributed by atoms with E-state index in [2.05, 4.69) is 10.3 Å². The number of nitrogens with one attached hydrogen (secondary N) is 1. The first-order chi connectivity index (χ1) is 9.78. The average molecular weight is 400 g/mol. The van der Waals surface area contributed by atoms with Crippen LogP contribution in [-0.4, -0.2) is 90.0 Å². The molecule has 8 nitrogen and oxygen atoms in total. The van der Waals surface area contributed by atoms with Crippen molar-refractivity contribution >= 4 is 91.4 Å². The van der Waals surface area contributed by atoms with Gasteiger partial charge in [-0.25, -0.2) is 4.98 Å². The maximum absolute atomic E-state index is 10.7. The third kappa shape index (κ3) is 12.9. The molecule has 1 aromatic heterocycles. The van der Waals surface area contributed by atoms with Crippen LogP contribution in [0, 0.1) is 0 Å². The fourth-order valence-electron chi connectivity index (χ4n) is 1.26. The summed E-state index contributed by atoms with van der Waals surface area (Å²) in [5.74, 6) is 0. The summed E-state index contributed by atoms with van der Waals surface area (Å²) in [5.41, 5.74) is 1.04. The second-order valence-corrected chi connectivity index (χ2v) is 6.92. The number of hydrogen-bond donors (Lipinski definition) is 5. The summed E-state index contributed by atoms with van der Waals surface area (Å²) in [6.07, 6.45) is 1.29. The predicted octanol–water partition coefficient (Wildman–Crippen LogP) is 0.421. The van der Waals surface area contributed by atoms with Gasteiger partial charge in [0.25, 0.3) is 0 Å². The Labute approximate surface area is 182 Å². The van der Waals surface area contributed by atoms with Crippen molar-refractivity contribution in [1.82, 2.24) is 4.98 Å². The molecule has 13 heteroatoms. The summed E-state index contributed by atoms with van der Waals surface area (Å²) < 4.78 is 19.4. The van der Waals surface area contributed by atoms with Crippen molar-refractivity contribution in [3.05, 3.63) is 36.5 Å². The number of hydrogen-bond acceptors (Lipinski definition) is 5. The molecule has 0 radical (unpaired) electrons. The van der Waals surface area contributed by atoms with E-state index in [-0.39, 0.29) is 59.1 Å². The first kappa shape index (κ1) is 26.2. The maximum atomic E-state index is 10.7. The standard InChI is InChI=1S/C10H11N2O3PS.2Na.H3O3P.2H/c13-16(14,15)7-12-10-11-6-9(17-10)8-4-2-1-3-5-8;;;1-4(2)3;;/h1-6H,7H2,(H,11,12)(H2,13,14,15);;;4H,(H2,1,2,3);;. The van der Waals surface area contributed by atoms with Gasteiger partial charge in [-0.2, -0.15) is 0 Å². The third-order valence-electron chi connectivity index (χ3n) is 2.00. The molecule has 0 amide bonds. The second-order valence-electron chi connectivity index (χ2n) is 3.68. The molecule has 0 spiro atoms. The molecule has 0 aliphatic carbocycles. The molecule has 2 aromatic rings. The minimum absolute atomic E-state index is 0. The molecule has 1 heterocycles. The molecule has 0 bridgehead atoms. The van der Waals surface area contributed by atoms with Gasteiger partial charge in [0.1, 0.15) is 6.29 Å². The summed E-state index contributed by atoms with van der Waals surface area (Å²) in [6.45, 7) is 0. The molecule has 0 saturated carbocycles. The van der Waals surface area contributed by atoms with E-state index in [0.717, 1.165) is 10.4 Å². The Kier molecular flexibility index (Phi) is 15.0. The summed E-state index contributed by atoms with van der Waals surface area (Å²) in [4.78, 5) is 36.8. The molecule has 0 aliphatic heterocycles. The van der Waals surface area contributed by atoms with Crippen molar-refractivity contribution in [2.24, 2.45) is 0 Å². The molecule has 0 aliphatic rings. The van der Waals surface area contributed by atoms with Crippen molar-refractivity contribution in [1.29, 1.82) is 0 Å². The summed E-state index contributed by atoms with van der Waals surface area (Å²) in [7, 11) is -7.17. The summed E-state index contributed by atoms with van der Waals surface area (Å²) in [5, 5.41) is 3.13. The number of benzene rings is 1. The van der Waals surface area contributed by atoms with Gasteiger partial charge in [-0.3, -0.25) is 9.13 Å². The van der Waals surface area contributed by atoms with Gasteiger partial charge in [-0.1, -0.05) is 41.7 Å². The fourth-order valence-corrected chi connectivity index (χ4v) is 2.54. The zero-order valence-corrected chi connectivity index (χ0v) is 13.3. The van der Waals surface area contributed by atoms with E-state index in [4.69, 9.17) is 24.1 Å². The van der Waals surface area contributed by atoms with E-state index >= 15 is 0 Å². The third-order valence-corrected chi connectivity index (χ3v) is 3.57. The molecule has 0 saturated heterocycles. The zero-order valence-electron chi connectivity index (χ0n) is 10.6. The summed E-state index contributed by atoms with van der Waals surface area (Å²) >= 11 is 1.36. The number of nitrogens with zero attached hydrogens (tertiary/aromatic N) is 1. The van der Waals surface area contributed by atoms with Crippen LogP contribution in [0.3, 0.4) is 0 Å². The second kappa shape index (κ2) is 13.2. The van der Waals surface area contributed by atoms with Crippen LogP contribution in [0.1, 0.15) is 0 Å². The Morgan fingerprint density at radius 3 is 2.17 bits per heavy atom. The normalized spacial score (nSPS) is 9.96. The molecule has 120 valence electrons. The zero-order chi connectivity index (χ0) is 15.9. The van der Waals surface area contributed by atoms with E-state index in [1.54, 1.807) is 6.20 Å². The van der Waals surface area contributed by atoms with Crippen LogP contribution in [0.15, 0.2) is 36.5 Å². The van der Waals surface area contributed by atoms with Gasteiger partial charge in [0.15, 0.2) is 5.13 Å². The molecule has 1 aromatic carbocycles. The topological polar surface area (TPSA) is 140 Å². The van der Waals surface area contributed by atoms with Crippen LogP contribution in [0.4, 0.5) is 5.13 Å². The van der Waals surface area contributed by atoms with Gasteiger partial charge < -0.3 is 24.9 Å². The van der Waals surface area contributed by atoms with E-state index in [0.29, 0.717) is 5.13 Å². The first-order valence-corrected chi connectivity index (χ1v) is 9.41. The minimum atomic E-state index is -4.04. The van der Waals surface area contributed by atoms with Gasteiger partial charge >= 0.3 is 75.0 Å². The predicted molar refractivity (Wildman–Crippen MR) is 95.8 cm³/mol. The first-order valence-electron chi connectivity index (χ1n) is 5.49. The van der Waals surface area contributed by atoms with Crippen LogP contribution < -0.4 is 5.32 Å². The van der Waals surface area contributed by atoms with Crippen molar-refractivity contribution in [2.75, 3.05) is 11.6 Å². The fraction of sp³-hybridized carbons (Fsp3) is 0.100. The van der Waals surface area contributed by atoms with Gasteiger partial charge in [-0.05, 0) is 5.56 Å². The quantitative estimate of drug-likeness (QED) is 0.368. The van der Waals surface area contributed by atoms with Crippen LogP contribution >= 0.6 is 27.2 Å². The number of thiazole rings is 1. The number of rotatable bonds is 4. The Hall–Kier alpha value is 0.950. The van der Waals surface area contributed by atoms with E-state index in [1.165, 1.54) is 11.3 Å². The Morgan fingerprint density at radius 1 is 1.17 bits per heavy atom. The molecule has 23 heavy (non-hydrogen) atoms. The number of anilines is 1. The molecule has 0 atom stereocenters. The van der Waals surface area contributed by atoms with Gasteiger partial charge in [0.2, 0.25) is 0 Å². The van der Waals surface area contributed by atoms with Crippen molar-refractivity contribution < 1.29 is 28.7 Å². The molecule has 0 fully saturated rings. The van der Waals surface area contributed by atoms with E-state index in [1.807, 2.05) is 30.3 Å². The molecule has 0 unspecified atom stereocenters. The average Bonchev–Trinajstić information content (AvgIpc) is 2.85. The van der Waals surface area contributed by atoms with Gasteiger partial charge in [-0.15, -0.1) is 0 Å². The van der Waals surface area contributed by atoms with Gasteiger partial charge in [0.05, 0.1) is 4.88 Å². The van der Waals surface area contributed by atoms with Gasteiger partial charge in [0, 0.05) is 6.20 Å². The molecular weight excluding hydrogens is 384 g/mol. The van der Waals surface area contributed by atoms with E-state index in [9.17, 15) is 4.57 Å². The van der Waals surface area contributed by atoms with E-state index < -0.39 is 22.1 Å². The number of aromatic nitrogens is 1. The van der Waals surface area contributed by atoms with Crippen LogP contribution in [0.25, 0.3) is 10.4 Å². The van der Waals surface area contributed by atoms with Crippen LogP contribution in [-0.2, 0) is 9.13 Å². The summed E-state index contributed by atoms with van der Waals surface area (Å²) in [6, 6.07) is 9.70. The van der Waals surface area contributed by atoms with Crippen molar-refractivity contribution in [2.45, 2.75) is 0 Å². The van der Waals surface area contributed by atoms with Crippen molar-refractivity contribution in [3.63, 3.8) is 0 Å². The van der Waals surface area contributed by atoms with Crippen molar-refractivity contribution in [3.8, 4) is 10.4 Å². The molecule has 5 N–H and O–H groups in total. The molecular formula is C10H16N2Na2O6P2S. The Morgan fingerprint density at radius 2 is 1.70 bits per heavy atom. The molecule has 2 rings (SSSR count). The Bertz CT molecular complexity index is 635. The van der Waals surface area contributed by atoms with Crippen LogP contribution in [0.5, 0.6) is 0 Å². The van der Waals surface area contributed by atoms with Crippen LogP contribution in [0.2, 0.25) is 0 Å². The monoisotopic (exact) mass is 400 g/mol.